The van der Waals surface area contributed by atoms with E-state index >= 15 is 0 Å². The van der Waals surface area contributed by atoms with Gasteiger partial charge in [-0.2, -0.15) is 5.10 Å². The van der Waals surface area contributed by atoms with Gasteiger partial charge in [0.1, 0.15) is 11.5 Å². The molecule has 0 amide bonds. The number of hydrogen-bond acceptors (Lipinski definition) is 5. The van der Waals surface area contributed by atoms with E-state index in [4.69, 9.17) is 9.47 Å². The monoisotopic (exact) mass is 317 g/mol. The Morgan fingerprint density at radius 2 is 2.14 bits per heavy atom. The fraction of sp³-hybridized carbons (Fsp3) is 0.250. The Morgan fingerprint density at radius 1 is 1.32 bits per heavy atom. The molecular formula is C16H19N3O2S. The summed E-state index contributed by atoms with van der Waals surface area (Å²) in [5.41, 5.74) is 1.90. The van der Waals surface area contributed by atoms with Gasteiger partial charge in [-0.15, -0.1) is 17.9 Å². The zero-order valence-corrected chi connectivity index (χ0v) is 13.8. The van der Waals surface area contributed by atoms with Crippen molar-refractivity contribution in [1.82, 2.24) is 4.68 Å². The fourth-order valence-electron chi connectivity index (χ4n) is 1.82. The third-order valence-electron chi connectivity index (χ3n) is 2.96. The van der Waals surface area contributed by atoms with Crippen LogP contribution in [-0.2, 0) is 0 Å². The fourth-order valence-corrected chi connectivity index (χ4v) is 2.64. The van der Waals surface area contributed by atoms with E-state index in [1.165, 1.54) is 0 Å². The second kappa shape index (κ2) is 7.61. The largest absolute Gasteiger partial charge is 0.497 e. The normalized spacial score (nSPS) is 11.9. The lowest BCUT2D eigenvalue weighted by atomic mass is 10.2. The van der Waals surface area contributed by atoms with Crippen LogP contribution in [0.1, 0.15) is 11.3 Å². The number of thiazole rings is 1. The minimum atomic E-state index is 0.571. The van der Waals surface area contributed by atoms with Crippen molar-refractivity contribution in [3.63, 3.8) is 0 Å². The van der Waals surface area contributed by atoms with Crippen molar-refractivity contribution in [3.05, 3.63) is 52.3 Å². The Morgan fingerprint density at radius 3 is 2.82 bits per heavy atom. The smallest absolute Gasteiger partial charge is 0.206 e. The topological polar surface area (TPSA) is 48.1 Å². The first kappa shape index (κ1) is 16.0. The minimum absolute atomic E-state index is 0.571. The number of aromatic nitrogens is 1. The van der Waals surface area contributed by atoms with Crippen molar-refractivity contribution in [3.8, 4) is 11.5 Å². The summed E-state index contributed by atoms with van der Waals surface area (Å²) in [6.07, 6.45) is 3.51. The highest BCUT2D eigenvalue weighted by molar-refractivity contribution is 7.07. The van der Waals surface area contributed by atoms with E-state index < -0.39 is 0 Å². The Balaban J connectivity index is 2.37. The Labute approximate surface area is 133 Å². The van der Waals surface area contributed by atoms with E-state index in [1.54, 1.807) is 42.5 Å². The number of hydrogen-bond donors (Lipinski definition) is 0. The number of nitrogens with zero attached hydrogens (tertiary/aromatic N) is 3. The Hall–Kier alpha value is -2.34. The number of methoxy groups -OCH3 is 2. The first-order valence-corrected chi connectivity index (χ1v) is 7.62. The molecule has 0 atom stereocenters. The second-order valence-electron chi connectivity index (χ2n) is 4.45. The molecule has 22 heavy (non-hydrogen) atoms. The lowest BCUT2D eigenvalue weighted by molar-refractivity contribution is 0.394. The summed E-state index contributed by atoms with van der Waals surface area (Å²) in [6, 6.07) is 5.61. The molecule has 2 rings (SSSR count). The van der Waals surface area contributed by atoms with E-state index in [2.05, 4.69) is 16.7 Å². The van der Waals surface area contributed by atoms with E-state index in [-0.39, 0.29) is 0 Å². The molecule has 1 aromatic carbocycles. The molecule has 0 aliphatic heterocycles. The molecule has 5 nitrogen and oxygen atoms in total. The summed E-state index contributed by atoms with van der Waals surface area (Å²) in [7, 11) is 3.25. The van der Waals surface area contributed by atoms with Gasteiger partial charge in [-0.25, -0.2) is 4.68 Å². The van der Waals surface area contributed by atoms with E-state index in [0.29, 0.717) is 12.3 Å². The summed E-state index contributed by atoms with van der Waals surface area (Å²) >= 11 is 1.55. The molecule has 0 radical (unpaired) electrons. The van der Waals surface area contributed by atoms with Gasteiger partial charge in [0.05, 0.1) is 32.7 Å². The first-order valence-electron chi connectivity index (χ1n) is 6.74. The average molecular weight is 317 g/mol. The molecule has 0 aliphatic rings. The first-order chi connectivity index (χ1) is 10.7. The highest BCUT2D eigenvalue weighted by Crippen LogP contribution is 2.23. The zero-order valence-electron chi connectivity index (χ0n) is 12.9. The van der Waals surface area contributed by atoms with Gasteiger partial charge in [-0.05, 0) is 19.1 Å². The summed E-state index contributed by atoms with van der Waals surface area (Å²) < 4.78 is 12.4. The molecule has 2 aromatic rings. The van der Waals surface area contributed by atoms with Crippen molar-refractivity contribution in [2.45, 2.75) is 6.92 Å². The third kappa shape index (κ3) is 3.65. The highest BCUT2D eigenvalue weighted by Gasteiger charge is 2.04. The van der Waals surface area contributed by atoms with Crippen LogP contribution < -0.4 is 14.3 Å². The average Bonchev–Trinajstić information content (AvgIpc) is 2.90. The van der Waals surface area contributed by atoms with Crippen LogP contribution in [0.3, 0.4) is 0 Å². The molecule has 0 spiro atoms. The van der Waals surface area contributed by atoms with Crippen LogP contribution in [-0.4, -0.2) is 31.7 Å². The van der Waals surface area contributed by atoms with Crippen molar-refractivity contribution >= 4 is 17.6 Å². The lowest BCUT2D eigenvalue weighted by Crippen LogP contribution is -2.12. The highest BCUT2D eigenvalue weighted by atomic mass is 32.1. The summed E-state index contributed by atoms with van der Waals surface area (Å²) in [4.78, 5) is 5.26. The van der Waals surface area contributed by atoms with Gasteiger partial charge in [0.25, 0.3) is 0 Å². The van der Waals surface area contributed by atoms with E-state index in [9.17, 15) is 0 Å². The summed E-state index contributed by atoms with van der Waals surface area (Å²) in [5, 5.41) is 6.52. The van der Waals surface area contributed by atoms with Gasteiger partial charge in [0.15, 0.2) is 0 Å². The summed E-state index contributed by atoms with van der Waals surface area (Å²) in [5.74, 6) is 1.45. The van der Waals surface area contributed by atoms with Crippen LogP contribution >= 0.6 is 11.3 Å². The molecule has 0 saturated heterocycles. The van der Waals surface area contributed by atoms with E-state index in [0.717, 1.165) is 21.8 Å². The maximum absolute atomic E-state index is 5.37. The number of ether oxygens (including phenoxy) is 2. The molecule has 0 saturated carbocycles. The van der Waals surface area contributed by atoms with Crippen LogP contribution in [0.15, 0.2) is 46.3 Å². The second-order valence-corrected chi connectivity index (χ2v) is 5.29. The maximum atomic E-state index is 5.37. The zero-order chi connectivity index (χ0) is 15.9. The Bertz CT molecular complexity index is 744. The molecule has 0 unspecified atom stereocenters. The molecule has 0 fully saturated rings. The van der Waals surface area contributed by atoms with Crippen molar-refractivity contribution in [2.24, 2.45) is 10.1 Å². The van der Waals surface area contributed by atoms with Crippen LogP contribution in [0, 0.1) is 6.92 Å². The van der Waals surface area contributed by atoms with E-state index in [1.807, 2.05) is 30.5 Å². The molecule has 1 heterocycles. The van der Waals surface area contributed by atoms with Gasteiger partial charge in [-0.1, -0.05) is 6.08 Å². The molecule has 0 bridgehead atoms. The summed E-state index contributed by atoms with van der Waals surface area (Å²) in [6.45, 7) is 6.24. The van der Waals surface area contributed by atoms with Gasteiger partial charge in [0, 0.05) is 17.0 Å². The Kier molecular flexibility index (Phi) is 5.55. The third-order valence-corrected chi connectivity index (χ3v) is 3.93. The van der Waals surface area contributed by atoms with Crippen molar-refractivity contribution in [1.29, 1.82) is 0 Å². The van der Waals surface area contributed by atoms with Crippen LogP contribution in [0.25, 0.3) is 0 Å². The number of aryl methyl sites for hydroxylation is 1. The minimum Gasteiger partial charge on any atom is -0.497 e. The molecule has 0 aliphatic carbocycles. The van der Waals surface area contributed by atoms with Crippen LogP contribution in [0.5, 0.6) is 11.5 Å². The molecule has 116 valence electrons. The molecular weight excluding hydrogens is 298 g/mol. The number of benzene rings is 1. The standard InChI is InChI=1S/C16H19N3O2S/c1-5-8-17-16-19(12(2)11-22-16)18-10-13-6-7-14(20-3)9-15(13)21-4/h5-7,9-11H,1,8H2,2-4H3. The van der Waals surface area contributed by atoms with Crippen molar-refractivity contribution < 1.29 is 9.47 Å². The number of rotatable bonds is 6. The van der Waals surface area contributed by atoms with Gasteiger partial charge >= 0.3 is 0 Å². The quantitative estimate of drug-likeness (QED) is 0.607. The van der Waals surface area contributed by atoms with Gasteiger partial charge in [0.2, 0.25) is 4.80 Å². The van der Waals surface area contributed by atoms with Gasteiger partial charge in [-0.3, -0.25) is 4.99 Å². The lowest BCUT2D eigenvalue weighted by Gasteiger charge is -2.07. The van der Waals surface area contributed by atoms with Crippen molar-refractivity contribution in [2.75, 3.05) is 20.8 Å². The van der Waals surface area contributed by atoms with Crippen LogP contribution in [0.4, 0.5) is 0 Å². The maximum Gasteiger partial charge on any atom is 0.206 e. The van der Waals surface area contributed by atoms with Crippen LogP contribution in [0.2, 0.25) is 0 Å². The SMILES string of the molecule is C=CCN=c1scc(C)n1N=Cc1ccc(OC)cc1OC. The molecule has 6 heteroatoms. The predicted molar refractivity (Wildman–Crippen MR) is 90.2 cm³/mol. The van der Waals surface area contributed by atoms with Gasteiger partial charge < -0.3 is 9.47 Å². The molecule has 1 aromatic heterocycles. The molecule has 0 N–H and O–H groups in total. The predicted octanol–water partition coefficient (Wildman–Crippen LogP) is 2.84.